The summed E-state index contributed by atoms with van der Waals surface area (Å²) >= 11 is 8.37. The minimum absolute atomic E-state index is 0.295. The van der Waals surface area contributed by atoms with Crippen LogP contribution in [0, 0.1) is 6.92 Å². The van der Waals surface area contributed by atoms with E-state index < -0.39 is 0 Å². The normalized spacial score (nSPS) is 10.1. The first-order chi connectivity index (χ1) is 8.54. The van der Waals surface area contributed by atoms with Crippen molar-refractivity contribution >= 4 is 44.6 Å². The summed E-state index contributed by atoms with van der Waals surface area (Å²) in [6.45, 7) is 2.04. The van der Waals surface area contributed by atoms with Crippen LogP contribution in [0.3, 0.4) is 0 Å². The van der Waals surface area contributed by atoms with Gasteiger partial charge >= 0.3 is 0 Å². The highest BCUT2D eigenvalue weighted by atomic mass is 79.9. The highest BCUT2D eigenvalue weighted by molar-refractivity contribution is 9.10. The molecule has 2 aromatic rings. The van der Waals surface area contributed by atoms with Crippen molar-refractivity contribution in [2.75, 3.05) is 5.32 Å². The Labute approximate surface area is 120 Å². The molecule has 18 heavy (non-hydrogen) atoms. The summed E-state index contributed by atoms with van der Waals surface area (Å²) in [5.41, 5.74) is 8.30. The monoisotopic (exact) mass is 321 g/mol. The summed E-state index contributed by atoms with van der Waals surface area (Å²) in [5, 5.41) is 3.22. The van der Waals surface area contributed by atoms with E-state index in [9.17, 15) is 0 Å². The summed E-state index contributed by atoms with van der Waals surface area (Å²) in [4.78, 5) is 4.63. The van der Waals surface area contributed by atoms with Gasteiger partial charge in [-0.3, -0.25) is 0 Å². The predicted octanol–water partition coefficient (Wildman–Crippen LogP) is 3.53. The van der Waals surface area contributed by atoms with Crippen molar-refractivity contribution in [2.45, 2.75) is 6.92 Å². The zero-order chi connectivity index (χ0) is 13.1. The number of nitrogens with two attached hydrogens (primary N) is 1. The molecule has 3 nitrogen and oxygen atoms in total. The van der Waals surface area contributed by atoms with E-state index in [0.717, 1.165) is 21.5 Å². The second-order valence-corrected chi connectivity index (χ2v) is 5.27. The SMILES string of the molecule is Cc1cc(Br)cc(Nc2cccc(C(N)=S)n2)c1. The van der Waals surface area contributed by atoms with Crippen LogP contribution in [0.5, 0.6) is 0 Å². The molecule has 0 bridgehead atoms. The van der Waals surface area contributed by atoms with Crippen LogP contribution in [-0.2, 0) is 0 Å². The third-order valence-corrected chi connectivity index (χ3v) is 2.98. The minimum Gasteiger partial charge on any atom is -0.388 e. The summed E-state index contributed by atoms with van der Waals surface area (Å²) in [6.07, 6.45) is 0. The van der Waals surface area contributed by atoms with E-state index in [-0.39, 0.29) is 0 Å². The van der Waals surface area contributed by atoms with Crippen molar-refractivity contribution in [3.05, 3.63) is 52.1 Å². The van der Waals surface area contributed by atoms with Crippen molar-refractivity contribution in [3.8, 4) is 0 Å². The van der Waals surface area contributed by atoms with Gasteiger partial charge in [-0.1, -0.05) is 34.2 Å². The lowest BCUT2D eigenvalue weighted by Crippen LogP contribution is -2.12. The summed E-state index contributed by atoms with van der Waals surface area (Å²) in [7, 11) is 0. The van der Waals surface area contributed by atoms with E-state index in [4.69, 9.17) is 18.0 Å². The number of rotatable bonds is 3. The molecule has 0 aliphatic carbocycles. The van der Waals surface area contributed by atoms with Crippen LogP contribution in [-0.4, -0.2) is 9.97 Å². The fraction of sp³-hybridized carbons (Fsp3) is 0.0769. The van der Waals surface area contributed by atoms with Crippen LogP contribution in [0.4, 0.5) is 11.5 Å². The third kappa shape index (κ3) is 3.27. The largest absolute Gasteiger partial charge is 0.388 e. The van der Waals surface area contributed by atoms with Crippen molar-refractivity contribution < 1.29 is 0 Å². The standard InChI is InChI=1S/C13H12BrN3S/c1-8-5-9(14)7-10(6-8)16-12-4-2-3-11(17-12)13(15)18/h2-7H,1H3,(H2,15,18)(H,16,17). The molecule has 92 valence electrons. The Morgan fingerprint density at radius 1 is 1.33 bits per heavy atom. The Bertz CT molecular complexity index is 578. The topological polar surface area (TPSA) is 50.9 Å². The molecule has 0 amide bonds. The fourth-order valence-corrected chi connectivity index (χ4v) is 2.32. The Morgan fingerprint density at radius 2 is 2.11 bits per heavy atom. The molecule has 0 spiro atoms. The van der Waals surface area contributed by atoms with Gasteiger partial charge in [-0.15, -0.1) is 0 Å². The number of benzene rings is 1. The van der Waals surface area contributed by atoms with Crippen LogP contribution >= 0.6 is 28.1 Å². The Kier molecular flexibility index (Phi) is 3.93. The van der Waals surface area contributed by atoms with Crippen molar-refractivity contribution in [1.29, 1.82) is 0 Å². The Hall–Kier alpha value is -1.46. The molecule has 0 radical (unpaired) electrons. The average Bonchev–Trinajstić information content (AvgIpc) is 2.27. The number of thiocarbonyl (C=S) groups is 1. The predicted molar refractivity (Wildman–Crippen MR) is 82.3 cm³/mol. The zero-order valence-corrected chi connectivity index (χ0v) is 12.2. The summed E-state index contributed by atoms with van der Waals surface area (Å²) in [5.74, 6) is 0.720. The van der Waals surface area contributed by atoms with Gasteiger partial charge in [0.2, 0.25) is 0 Å². The Balaban J connectivity index is 2.28. The van der Waals surface area contributed by atoms with Crippen molar-refractivity contribution in [2.24, 2.45) is 5.73 Å². The number of hydrogen-bond donors (Lipinski definition) is 2. The fourth-order valence-electron chi connectivity index (χ4n) is 1.60. The number of pyridine rings is 1. The molecule has 3 N–H and O–H groups in total. The lowest BCUT2D eigenvalue weighted by atomic mass is 10.2. The van der Waals surface area contributed by atoms with Gasteiger partial charge in [0.25, 0.3) is 0 Å². The first-order valence-electron chi connectivity index (χ1n) is 5.36. The quantitative estimate of drug-likeness (QED) is 0.849. The first-order valence-corrected chi connectivity index (χ1v) is 6.56. The van der Waals surface area contributed by atoms with E-state index in [0.29, 0.717) is 10.7 Å². The molecule has 0 aliphatic rings. The van der Waals surface area contributed by atoms with Gasteiger partial charge in [0, 0.05) is 10.2 Å². The van der Waals surface area contributed by atoms with E-state index in [1.165, 1.54) is 0 Å². The van der Waals surface area contributed by atoms with Gasteiger partial charge in [-0.05, 0) is 42.8 Å². The van der Waals surface area contributed by atoms with E-state index >= 15 is 0 Å². The maximum absolute atomic E-state index is 5.56. The Morgan fingerprint density at radius 3 is 2.78 bits per heavy atom. The van der Waals surface area contributed by atoms with Gasteiger partial charge in [-0.2, -0.15) is 0 Å². The first kappa shape index (κ1) is 13.0. The molecule has 1 heterocycles. The third-order valence-electron chi connectivity index (χ3n) is 2.32. The van der Waals surface area contributed by atoms with Crippen LogP contribution < -0.4 is 11.1 Å². The molecule has 1 aromatic heterocycles. The van der Waals surface area contributed by atoms with E-state index in [2.05, 4.69) is 26.2 Å². The molecule has 0 saturated heterocycles. The summed E-state index contributed by atoms with van der Waals surface area (Å²) in [6, 6.07) is 11.6. The molecule has 5 heteroatoms. The number of halogens is 1. The van der Waals surface area contributed by atoms with Gasteiger partial charge in [0.15, 0.2) is 0 Å². The highest BCUT2D eigenvalue weighted by Crippen LogP contribution is 2.21. The average molecular weight is 322 g/mol. The minimum atomic E-state index is 0.295. The number of hydrogen-bond acceptors (Lipinski definition) is 3. The molecule has 0 saturated carbocycles. The molecular formula is C13H12BrN3S. The van der Waals surface area contributed by atoms with Crippen LogP contribution in [0.1, 0.15) is 11.3 Å². The lowest BCUT2D eigenvalue weighted by molar-refractivity contribution is 1.27. The second kappa shape index (κ2) is 5.46. The number of nitrogens with zero attached hydrogens (tertiary/aromatic N) is 1. The van der Waals surface area contributed by atoms with Gasteiger partial charge in [-0.25, -0.2) is 4.98 Å². The molecule has 0 aliphatic heterocycles. The molecule has 0 fully saturated rings. The zero-order valence-electron chi connectivity index (χ0n) is 9.77. The molecule has 1 aromatic carbocycles. The molecular weight excluding hydrogens is 310 g/mol. The highest BCUT2D eigenvalue weighted by Gasteiger charge is 2.02. The van der Waals surface area contributed by atoms with Crippen LogP contribution in [0.25, 0.3) is 0 Å². The van der Waals surface area contributed by atoms with E-state index in [1.54, 1.807) is 6.07 Å². The second-order valence-electron chi connectivity index (χ2n) is 3.91. The van der Waals surface area contributed by atoms with Gasteiger partial charge in [0.1, 0.15) is 10.8 Å². The van der Waals surface area contributed by atoms with Crippen LogP contribution in [0.15, 0.2) is 40.9 Å². The van der Waals surface area contributed by atoms with Crippen molar-refractivity contribution in [3.63, 3.8) is 0 Å². The maximum Gasteiger partial charge on any atom is 0.131 e. The number of aryl methyl sites for hydroxylation is 1. The summed E-state index contributed by atoms with van der Waals surface area (Å²) < 4.78 is 1.02. The van der Waals surface area contributed by atoms with Crippen molar-refractivity contribution in [1.82, 2.24) is 4.98 Å². The lowest BCUT2D eigenvalue weighted by Gasteiger charge is -2.08. The van der Waals surface area contributed by atoms with Gasteiger partial charge in [0.05, 0.1) is 5.69 Å². The number of anilines is 2. The maximum atomic E-state index is 5.56. The molecule has 0 unspecified atom stereocenters. The number of nitrogens with one attached hydrogen (secondary N) is 1. The van der Waals surface area contributed by atoms with E-state index in [1.807, 2.05) is 37.3 Å². The number of aromatic nitrogens is 1. The van der Waals surface area contributed by atoms with Gasteiger partial charge < -0.3 is 11.1 Å². The molecule has 2 rings (SSSR count). The smallest absolute Gasteiger partial charge is 0.131 e. The van der Waals surface area contributed by atoms with Crippen LogP contribution in [0.2, 0.25) is 0 Å². The molecule has 0 atom stereocenters.